The summed E-state index contributed by atoms with van der Waals surface area (Å²) in [5.41, 5.74) is 1.19. The molecule has 3 unspecified atom stereocenters. The van der Waals surface area contributed by atoms with Gasteiger partial charge >= 0.3 is 0 Å². The van der Waals surface area contributed by atoms with Crippen molar-refractivity contribution in [2.24, 2.45) is 5.92 Å². The fourth-order valence-corrected chi connectivity index (χ4v) is 2.76. The van der Waals surface area contributed by atoms with Gasteiger partial charge in [0.25, 0.3) is 0 Å². The summed E-state index contributed by atoms with van der Waals surface area (Å²) in [6, 6.07) is 12.6. The highest BCUT2D eigenvalue weighted by molar-refractivity contribution is 5.19. The Hall–Kier alpha value is -1.37. The second-order valence-electron chi connectivity index (χ2n) is 5.10. The van der Waals surface area contributed by atoms with E-state index in [0.717, 1.165) is 26.0 Å². The zero-order valence-corrected chi connectivity index (χ0v) is 11.5. The Morgan fingerprint density at radius 3 is 2.89 bits per heavy atom. The van der Waals surface area contributed by atoms with Crippen LogP contribution in [0.15, 0.2) is 30.3 Å². The van der Waals surface area contributed by atoms with Crippen LogP contribution in [0.25, 0.3) is 0 Å². The van der Waals surface area contributed by atoms with E-state index in [1.54, 1.807) is 0 Å². The maximum atomic E-state index is 8.97. The van der Waals surface area contributed by atoms with E-state index < -0.39 is 0 Å². The minimum atomic E-state index is 0.129. The van der Waals surface area contributed by atoms with Crippen molar-refractivity contribution in [3.63, 3.8) is 0 Å². The molecule has 0 aromatic heterocycles. The van der Waals surface area contributed by atoms with Gasteiger partial charge in [-0.2, -0.15) is 5.26 Å². The molecule has 3 heteroatoms. The minimum Gasteiger partial charge on any atom is -0.378 e. The highest BCUT2D eigenvalue weighted by Crippen LogP contribution is 2.24. The van der Waals surface area contributed by atoms with E-state index in [4.69, 9.17) is 10.00 Å². The molecular formula is C16H22N2O. The molecule has 1 aliphatic heterocycles. The van der Waals surface area contributed by atoms with Gasteiger partial charge < -0.3 is 10.1 Å². The lowest BCUT2D eigenvalue weighted by Gasteiger charge is -2.22. The van der Waals surface area contributed by atoms with Crippen LogP contribution in [0.5, 0.6) is 0 Å². The van der Waals surface area contributed by atoms with Crippen molar-refractivity contribution >= 4 is 0 Å². The first-order valence-electron chi connectivity index (χ1n) is 7.12. The first-order chi connectivity index (χ1) is 9.35. The van der Waals surface area contributed by atoms with Crippen LogP contribution in [0.3, 0.4) is 0 Å². The fraction of sp³-hybridized carbons (Fsp3) is 0.562. The molecule has 0 aliphatic carbocycles. The van der Waals surface area contributed by atoms with Crippen molar-refractivity contribution in [2.45, 2.75) is 38.3 Å². The fourth-order valence-electron chi connectivity index (χ4n) is 2.76. The van der Waals surface area contributed by atoms with Gasteiger partial charge in [-0.05, 0) is 24.3 Å². The lowest BCUT2D eigenvalue weighted by Crippen LogP contribution is -2.31. The molecule has 2 rings (SSSR count). The summed E-state index contributed by atoms with van der Waals surface area (Å²) >= 11 is 0. The molecule has 1 aromatic carbocycles. The molecule has 19 heavy (non-hydrogen) atoms. The molecule has 1 heterocycles. The number of benzene rings is 1. The van der Waals surface area contributed by atoms with E-state index in [2.05, 4.69) is 30.4 Å². The van der Waals surface area contributed by atoms with Crippen molar-refractivity contribution in [1.29, 1.82) is 5.26 Å². The van der Waals surface area contributed by atoms with Gasteiger partial charge in [0.05, 0.1) is 18.6 Å². The molecular weight excluding hydrogens is 236 g/mol. The van der Waals surface area contributed by atoms with Gasteiger partial charge in [-0.3, -0.25) is 0 Å². The Bertz CT molecular complexity index is 413. The van der Waals surface area contributed by atoms with Gasteiger partial charge in [0.2, 0.25) is 0 Å². The quantitative estimate of drug-likeness (QED) is 0.853. The number of nitrogens with zero attached hydrogens (tertiary/aromatic N) is 1. The van der Waals surface area contributed by atoms with Crippen LogP contribution in [0.2, 0.25) is 0 Å². The topological polar surface area (TPSA) is 45.0 Å². The van der Waals surface area contributed by atoms with Crippen molar-refractivity contribution in [3.8, 4) is 6.07 Å². The van der Waals surface area contributed by atoms with Crippen LogP contribution in [0.1, 0.15) is 37.8 Å². The number of hydrogen-bond acceptors (Lipinski definition) is 3. The third-order valence-corrected chi connectivity index (χ3v) is 3.87. The second-order valence-corrected chi connectivity index (χ2v) is 5.10. The number of hydrogen-bond donors (Lipinski definition) is 1. The molecule has 1 aromatic rings. The number of ether oxygens (including phenoxy) is 1. The van der Waals surface area contributed by atoms with E-state index in [1.165, 1.54) is 5.56 Å². The van der Waals surface area contributed by atoms with E-state index in [1.807, 2.05) is 18.2 Å². The van der Waals surface area contributed by atoms with Gasteiger partial charge in [0, 0.05) is 19.2 Å². The number of nitriles is 1. The smallest absolute Gasteiger partial charge is 0.0641 e. The molecule has 1 saturated heterocycles. The van der Waals surface area contributed by atoms with E-state index >= 15 is 0 Å². The standard InChI is InChI=1S/C16H22N2O/c1-2-16-14(9-11-19-16)12-18-15(8-10-17)13-6-4-3-5-7-13/h3-7,14-16,18H,2,8-9,11-12H2,1H3. The third-order valence-electron chi connectivity index (χ3n) is 3.87. The zero-order chi connectivity index (χ0) is 13.5. The Morgan fingerprint density at radius 2 is 2.21 bits per heavy atom. The predicted molar refractivity (Wildman–Crippen MR) is 75.6 cm³/mol. The van der Waals surface area contributed by atoms with Crippen molar-refractivity contribution in [3.05, 3.63) is 35.9 Å². The summed E-state index contributed by atoms with van der Waals surface area (Å²) < 4.78 is 5.71. The Balaban J connectivity index is 1.93. The average molecular weight is 258 g/mol. The third kappa shape index (κ3) is 3.79. The average Bonchev–Trinajstić information content (AvgIpc) is 2.92. The molecule has 0 radical (unpaired) electrons. The van der Waals surface area contributed by atoms with Gasteiger partial charge in [0.1, 0.15) is 0 Å². The highest BCUT2D eigenvalue weighted by Gasteiger charge is 2.27. The summed E-state index contributed by atoms with van der Waals surface area (Å²) in [6.45, 7) is 3.98. The Morgan fingerprint density at radius 1 is 1.42 bits per heavy atom. The van der Waals surface area contributed by atoms with Crippen LogP contribution < -0.4 is 5.32 Å². The normalized spacial score (nSPS) is 24.0. The Labute approximate surface area is 115 Å². The molecule has 0 spiro atoms. The zero-order valence-electron chi connectivity index (χ0n) is 11.5. The van der Waals surface area contributed by atoms with Crippen LogP contribution in [-0.4, -0.2) is 19.3 Å². The molecule has 1 N–H and O–H groups in total. The molecule has 1 fully saturated rings. The molecule has 102 valence electrons. The maximum absolute atomic E-state index is 8.97. The lowest BCUT2D eigenvalue weighted by molar-refractivity contribution is 0.0866. The van der Waals surface area contributed by atoms with E-state index in [9.17, 15) is 0 Å². The maximum Gasteiger partial charge on any atom is 0.0641 e. The molecule has 0 bridgehead atoms. The number of nitrogens with one attached hydrogen (secondary N) is 1. The minimum absolute atomic E-state index is 0.129. The van der Waals surface area contributed by atoms with E-state index in [-0.39, 0.29) is 6.04 Å². The molecule has 0 saturated carbocycles. The summed E-state index contributed by atoms with van der Waals surface area (Å²) in [5.74, 6) is 0.579. The van der Waals surface area contributed by atoms with Crippen molar-refractivity contribution in [1.82, 2.24) is 5.32 Å². The summed E-state index contributed by atoms with van der Waals surface area (Å²) in [6.07, 6.45) is 3.08. The van der Waals surface area contributed by atoms with E-state index in [0.29, 0.717) is 18.4 Å². The van der Waals surface area contributed by atoms with Crippen LogP contribution in [-0.2, 0) is 4.74 Å². The Kier molecular flexibility index (Phi) is 5.38. The molecule has 3 nitrogen and oxygen atoms in total. The SMILES string of the molecule is CCC1OCCC1CNC(CC#N)c1ccccc1. The molecule has 3 atom stereocenters. The van der Waals surface area contributed by atoms with Gasteiger partial charge in [-0.25, -0.2) is 0 Å². The van der Waals surface area contributed by atoms with Gasteiger partial charge in [-0.15, -0.1) is 0 Å². The van der Waals surface area contributed by atoms with Gasteiger partial charge in [-0.1, -0.05) is 37.3 Å². The lowest BCUT2D eigenvalue weighted by atomic mass is 9.98. The highest BCUT2D eigenvalue weighted by atomic mass is 16.5. The predicted octanol–water partition coefficient (Wildman–Crippen LogP) is 3.05. The molecule has 0 amide bonds. The summed E-state index contributed by atoms with van der Waals surface area (Å²) in [4.78, 5) is 0. The first-order valence-corrected chi connectivity index (χ1v) is 7.12. The second kappa shape index (κ2) is 7.28. The monoisotopic (exact) mass is 258 g/mol. The van der Waals surface area contributed by atoms with Crippen LogP contribution in [0.4, 0.5) is 0 Å². The molecule has 1 aliphatic rings. The summed E-state index contributed by atoms with van der Waals surface area (Å²) in [5, 5.41) is 12.5. The van der Waals surface area contributed by atoms with Crippen molar-refractivity contribution in [2.75, 3.05) is 13.2 Å². The summed E-state index contributed by atoms with van der Waals surface area (Å²) in [7, 11) is 0. The van der Waals surface area contributed by atoms with Gasteiger partial charge in [0.15, 0.2) is 0 Å². The number of rotatable bonds is 6. The first kappa shape index (κ1) is 14.0. The largest absolute Gasteiger partial charge is 0.378 e. The van der Waals surface area contributed by atoms with Crippen LogP contribution >= 0.6 is 0 Å². The van der Waals surface area contributed by atoms with Crippen molar-refractivity contribution < 1.29 is 4.74 Å². The van der Waals surface area contributed by atoms with Crippen LogP contribution in [0, 0.1) is 17.2 Å².